The number of hydrogen-bond donors (Lipinski definition) is 1. The van der Waals surface area contributed by atoms with Gasteiger partial charge < -0.3 is 5.32 Å². The maximum atomic E-state index is 4.61. The third-order valence-electron chi connectivity index (χ3n) is 3.23. The summed E-state index contributed by atoms with van der Waals surface area (Å²) >= 11 is 3.47. The van der Waals surface area contributed by atoms with Gasteiger partial charge in [-0.1, -0.05) is 28.1 Å². The van der Waals surface area contributed by atoms with Gasteiger partial charge in [0.05, 0.1) is 5.69 Å². The van der Waals surface area contributed by atoms with Crippen molar-refractivity contribution in [1.82, 2.24) is 15.1 Å². The summed E-state index contributed by atoms with van der Waals surface area (Å²) in [6, 6.07) is 11.2. The lowest BCUT2D eigenvalue weighted by molar-refractivity contribution is 0.515. The van der Waals surface area contributed by atoms with Crippen LogP contribution in [0.4, 0.5) is 0 Å². The molecule has 1 N–H and O–H groups in total. The standard InChI is InChI=1S/C15H20BrN3/c1-11(2)19-9-8-14(18-19)10-15(17-3)12-4-6-13(16)7-5-12/h4-9,11,15,17H,10H2,1-3H3. The van der Waals surface area contributed by atoms with E-state index in [4.69, 9.17) is 0 Å². The van der Waals surface area contributed by atoms with Crippen LogP contribution in [0.1, 0.15) is 37.2 Å². The summed E-state index contributed by atoms with van der Waals surface area (Å²) in [5.41, 5.74) is 2.40. The molecule has 0 aliphatic rings. The molecule has 0 aliphatic heterocycles. The third-order valence-corrected chi connectivity index (χ3v) is 3.76. The monoisotopic (exact) mass is 321 g/mol. The van der Waals surface area contributed by atoms with E-state index in [2.05, 4.69) is 70.5 Å². The fraction of sp³-hybridized carbons (Fsp3) is 0.400. The maximum absolute atomic E-state index is 4.61. The molecular formula is C15H20BrN3. The highest BCUT2D eigenvalue weighted by atomic mass is 79.9. The first-order valence-corrected chi connectivity index (χ1v) is 7.36. The van der Waals surface area contributed by atoms with Crippen LogP contribution in [0.3, 0.4) is 0 Å². The summed E-state index contributed by atoms with van der Waals surface area (Å²) in [7, 11) is 1.99. The molecule has 0 fully saturated rings. The number of nitrogens with one attached hydrogen (secondary N) is 1. The van der Waals surface area contributed by atoms with Gasteiger partial charge in [-0.3, -0.25) is 4.68 Å². The molecule has 3 nitrogen and oxygen atoms in total. The minimum absolute atomic E-state index is 0.295. The van der Waals surface area contributed by atoms with Crippen molar-refractivity contribution in [2.45, 2.75) is 32.4 Å². The van der Waals surface area contributed by atoms with E-state index in [1.807, 2.05) is 17.9 Å². The van der Waals surface area contributed by atoms with Crippen LogP contribution in [-0.2, 0) is 6.42 Å². The predicted molar refractivity (Wildman–Crippen MR) is 82.3 cm³/mol. The smallest absolute Gasteiger partial charge is 0.0643 e. The first-order chi connectivity index (χ1) is 9.10. The molecule has 2 rings (SSSR count). The molecular weight excluding hydrogens is 302 g/mol. The van der Waals surface area contributed by atoms with Gasteiger partial charge in [-0.15, -0.1) is 0 Å². The second-order valence-corrected chi connectivity index (χ2v) is 5.89. The zero-order chi connectivity index (χ0) is 13.8. The van der Waals surface area contributed by atoms with Crippen molar-refractivity contribution in [3.05, 3.63) is 52.3 Å². The van der Waals surface area contributed by atoms with Crippen molar-refractivity contribution in [2.24, 2.45) is 0 Å². The summed E-state index contributed by atoms with van der Waals surface area (Å²) < 4.78 is 3.11. The molecule has 102 valence electrons. The third kappa shape index (κ3) is 3.67. The number of benzene rings is 1. The van der Waals surface area contributed by atoms with E-state index in [0.717, 1.165) is 16.6 Å². The van der Waals surface area contributed by atoms with E-state index in [-0.39, 0.29) is 0 Å². The van der Waals surface area contributed by atoms with Gasteiger partial charge in [0.25, 0.3) is 0 Å². The van der Waals surface area contributed by atoms with Gasteiger partial charge in [-0.25, -0.2) is 0 Å². The Bertz CT molecular complexity index is 516. The molecule has 19 heavy (non-hydrogen) atoms. The fourth-order valence-corrected chi connectivity index (χ4v) is 2.33. The summed E-state index contributed by atoms with van der Waals surface area (Å²) in [4.78, 5) is 0. The Balaban J connectivity index is 2.12. The molecule has 0 spiro atoms. The molecule has 1 heterocycles. The van der Waals surface area contributed by atoms with Crippen LogP contribution >= 0.6 is 15.9 Å². The average molecular weight is 322 g/mol. The number of likely N-dealkylation sites (N-methyl/N-ethyl adjacent to an activating group) is 1. The first-order valence-electron chi connectivity index (χ1n) is 6.57. The Kier molecular flexibility index (Phi) is 4.77. The maximum Gasteiger partial charge on any atom is 0.0643 e. The Labute approximate surface area is 123 Å². The van der Waals surface area contributed by atoms with E-state index < -0.39 is 0 Å². The fourth-order valence-electron chi connectivity index (χ4n) is 2.06. The first kappa shape index (κ1) is 14.3. The van der Waals surface area contributed by atoms with Crippen LogP contribution in [0.5, 0.6) is 0 Å². The Morgan fingerprint density at radius 2 is 1.89 bits per heavy atom. The minimum atomic E-state index is 0.295. The molecule has 1 aromatic carbocycles. The Morgan fingerprint density at radius 3 is 2.42 bits per heavy atom. The second-order valence-electron chi connectivity index (χ2n) is 4.98. The lowest BCUT2D eigenvalue weighted by Gasteiger charge is -2.15. The average Bonchev–Trinajstić information content (AvgIpc) is 2.86. The quantitative estimate of drug-likeness (QED) is 0.909. The Hall–Kier alpha value is -1.13. The number of halogens is 1. The summed E-state index contributed by atoms with van der Waals surface area (Å²) in [6.45, 7) is 4.28. The van der Waals surface area contributed by atoms with Crippen LogP contribution in [0.25, 0.3) is 0 Å². The van der Waals surface area contributed by atoms with Crippen molar-refractivity contribution in [3.63, 3.8) is 0 Å². The highest BCUT2D eigenvalue weighted by Gasteiger charge is 2.12. The van der Waals surface area contributed by atoms with Gasteiger partial charge in [0.15, 0.2) is 0 Å². The topological polar surface area (TPSA) is 29.9 Å². The molecule has 4 heteroatoms. The van der Waals surface area contributed by atoms with Crippen LogP contribution in [0, 0.1) is 0 Å². The van der Waals surface area contributed by atoms with Crippen LogP contribution in [-0.4, -0.2) is 16.8 Å². The molecule has 0 amide bonds. The van der Waals surface area contributed by atoms with E-state index >= 15 is 0 Å². The normalized spacial score (nSPS) is 12.9. The van der Waals surface area contributed by atoms with Crippen molar-refractivity contribution in [3.8, 4) is 0 Å². The second kappa shape index (κ2) is 6.35. The van der Waals surface area contributed by atoms with E-state index in [0.29, 0.717) is 12.1 Å². The molecule has 0 aliphatic carbocycles. The van der Waals surface area contributed by atoms with Crippen LogP contribution < -0.4 is 5.32 Å². The van der Waals surface area contributed by atoms with Crippen molar-refractivity contribution < 1.29 is 0 Å². The van der Waals surface area contributed by atoms with Crippen LogP contribution in [0.15, 0.2) is 41.0 Å². The van der Waals surface area contributed by atoms with Crippen molar-refractivity contribution in [2.75, 3.05) is 7.05 Å². The van der Waals surface area contributed by atoms with Crippen molar-refractivity contribution >= 4 is 15.9 Å². The number of hydrogen-bond acceptors (Lipinski definition) is 2. The highest BCUT2D eigenvalue weighted by Crippen LogP contribution is 2.20. The molecule has 2 aromatic rings. The SMILES string of the molecule is CNC(Cc1ccn(C(C)C)n1)c1ccc(Br)cc1. The number of aromatic nitrogens is 2. The van der Waals surface area contributed by atoms with Crippen LogP contribution in [0.2, 0.25) is 0 Å². The summed E-state index contributed by atoms with van der Waals surface area (Å²) in [5.74, 6) is 0. The molecule has 1 atom stereocenters. The largest absolute Gasteiger partial charge is 0.313 e. The van der Waals surface area contributed by atoms with Crippen molar-refractivity contribution in [1.29, 1.82) is 0 Å². The summed E-state index contributed by atoms with van der Waals surface area (Å²) in [6.07, 6.45) is 2.95. The predicted octanol–water partition coefficient (Wildman–Crippen LogP) is 3.73. The van der Waals surface area contributed by atoms with Gasteiger partial charge in [0, 0.05) is 29.2 Å². The van der Waals surface area contributed by atoms with E-state index in [1.54, 1.807) is 0 Å². The molecule has 0 bridgehead atoms. The summed E-state index contributed by atoms with van der Waals surface area (Å²) in [5, 5.41) is 7.97. The van der Waals surface area contributed by atoms with Gasteiger partial charge in [-0.2, -0.15) is 5.10 Å². The van der Waals surface area contributed by atoms with Gasteiger partial charge in [0.1, 0.15) is 0 Å². The molecule has 1 unspecified atom stereocenters. The van der Waals surface area contributed by atoms with Gasteiger partial charge in [0.2, 0.25) is 0 Å². The molecule has 1 aromatic heterocycles. The van der Waals surface area contributed by atoms with E-state index in [1.165, 1.54) is 5.56 Å². The minimum Gasteiger partial charge on any atom is -0.313 e. The Morgan fingerprint density at radius 1 is 1.21 bits per heavy atom. The lowest BCUT2D eigenvalue weighted by Crippen LogP contribution is -2.19. The van der Waals surface area contributed by atoms with Gasteiger partial charge >= 0.3 is 0 Å². The van der Waals surface area contributed by atoms with Gasteiger partial charge in [-0.05, 0) is 44.7 Å². The number of rotatable bonds is 5. The molecule has 0 radical (unpaired) electrons. The zero-order valence-electron chi connectivity index (χ0n) is 11.6. The lowest BCUT2D eigenvalue weighted by atomic mass is 10.0. The highest BCUT2D eigenvalue weighted by molar-refractivity contribution is 9.10. The molecule has 0 saturated heterocycles. The molecule has 0 saturated carbocycles. The number of nitrogens with zero attached hydrogens (tertiary/aromatic N) is 2. The van der Waals surface area contributed by atoms with E-state index in [9.17, 15) is 0 Å². The zero-order valence-corrected chi connectivity index (χ0v) is 13.2.